The number of carbonyl (C=O) groups is 1. The average molecular weight is 478 g/mol. The Bertz CT molecular complexity index is 1360. The Labute approximate surface area is 202 Å². The molecule has 2 aromatic heterocycles. The molecular formula is C25H24ClN5O3. The summed E-state index contributed by atoms with van der Waals surface area (Å²) < 4.78 is 13.5. The number of likely N-dealkylation sites (N-methyl/N-ethyl adjacent to an activating group) is 1. The van der Waals surface area contributed by atoms with Crippen molar-refractivity contribution in [3.05, 3.63) is 76.3 Å². The summed E-state index contributed by atoms with van der Waals surface area (Å²) in [7, 11) is 3.23. The number of nitrogens with zero attached hydrogens (tertiary/aromatic N) is 4. The topological polar surface area (TPSA) is 91.2 Å². The van der Waals surface area contributed by atoms with Crippen LogP contribution in [0.3, 0.4) is 0 Å². The summed E-state index contributed by atoms with van der Waals surface area (Å²) in [5, 5.41) is 2.62. The van der Waals surface area contributed by atoms with E-state index in [1.165, 1.54) is 6.08 Å². The number of benzene rings is 2. The van der Waals surface area contributed by atoms with Crippen LogP contribution in [0.5, 0.6) is 17.4 Å². The Morgan fingerprint density at radius 3 is 2.50 bits per heavy atom. The van der Waals surface area contributed by atoms with Gasteiger partial charge in [-0.05, 0) is 78.0 Å². The summed E-state index contributed by atoms with van der Waals surface area (Å²) in [6.07, 6.45) is 4.94. The van der Waals surface area contributed by atoms with Crippen molar-refractivity contribution < 1.29 is 14.3 Å². The molecule has 174 valence electrons. The van der Waals surface area contributed by atoms with Crippen molar-refractivity contribution in [2.75, 3.05) is 14.2 Å². The molecule has 9 heteroatoms. The normalized spacial score (nSPS) is 11.2. The van der Waals surface area contributed by atoms with E-state index in [2.05, 4.69) is 20.3 Å². The molecule has 0 saturated carbocycles. The molecule has 0 atom stereocenters. The highest BCUT2D eigenvalue weighted by Gasteiger charge is 2.17. The van der Waals surface area contributed by atoms with E-state index >= 15 is 0 Å². The number of aryl methyl sites for hydroxylation is 2. The maximum Gasteiger partial charge on any atom is 0.250 e. The molecule has 0 spiro atoms. The van der Waals surface area contributed by atoms with Crippen molar-refractivity contribution in [3.63, 3.8) is 0 Å². The van der Waals surface area contributed by atoms with E-state index in [1.807, 2.05) is 54.8 Å². The van der Waals surface area contributed by atoms with Gasteiger partial charge in [0.05, 0.1) is 13.4 Å². The van der Waals surface area contributed by atoms with Crippen LogP contribution in [0.25, 0.3) is 17.2 Å². The van der Waals surface area contributed by atoms with Gasteiger partial charge in [-0.3, -0.25) is 4.79 Å². The highest BCUT2D eigenvalue weighted by molar-refractivity contribution is 6.28. The van der Waals surface area contributed by atoms with Crippen molar-refractivity contribution in [3.8, 4) is 17.4 Å². The zero-order valence-electron chi connectivity index (χ0n) is 19.3. The van der Waals surface area contributed by atoms with E-state index in [4.69, 9.17) is 21.1 Å². The van der Waals surface area contributed by atoms with Crippen LogP contribution in [0.1, 0.15) is 22.3 Å². The molecule has 34 heavy (non-hydrogen) atoms. The fourth-order valence-electron chi connectivity index (χ4n) is 3.63. The SMILES string of the molecule is CNC(=O)/C=C/c1cc(C)c(Oc2nc(Cl)nc3ncn(Cc4ccc(OC)cc4)c23)c(C)c1. The van der Waals surface area contributed by atoms with E-state index in [1.54, 1.807) is 26.6 Å². The van der Waals surface area contributed by atoms with Crippen molar-refractivity contribution in [1.29, 1.82) is 0 Å². The molecule has 0 aliphatic rings. The first-order valence-electron chi connectivity index (χ1n) is 10.6. The average Bonchev–Trinajstić information content (AvgIpc) is 3.22. The largest absolute Gasteiger partial charge is 0.497 e. The van der Waals surface area contributed by atoms with Crippen LogP contribution >= 0.6 is 11.6 Å². The number of fused-ring (bicyclic) bond motifs is 1. The zero-order valence-corrected chi connectivity index (χ0v) is 20.1. The molecule has 8 nitrogen and oxygen atoms in total. The number of methoxy groups -OCH3 is 1. The first kappa shape index (κ1) is 23.3. The number of imidazole rings is 1. The predicted molar refractivity (Wildman–Crippen MR) is 132 cm³/mol. The Morgan fingerprint density at radius 1 is 1.15 bits per heavy atom. The molecule has 2 heterocycles. The number of hydrogen-bond acceptors (Lipinski definition) is 6. The summed E-state index contributed by atoms with van der Waals surface area (Å²) in [5.41, 5.74) is 4.81. The summed E-state index contributed by atoms with van der Waals surface area (Å²) in [6, 6.07) is 11.7. The fraction of sp³-hybridized carbons (Fsp3) is 0.200. The molecule has 1 amide bonds. The minimum Gasteiger partial charge on any atom is -0.497 e. The third-order valence-electron chi connectivity index (χ3n) is 5.28. The monoisotopic (exact) mass is 477 g/mol. The molecule has 0 unspecified atom stereocenters. The minimum absolute atomic E-state index is 0.0534. The van der Waals surface area contributed by atoms with E-state index in [0.29, 0.717) is 29.3 Å². The van der Waals surface area contributed by atoms with Gasteiger partial charge >= 0.3 is 0 Å². The molecule has 4 rings (SSSR count). The Balaban J connectivity index is 1.69. The number of ether oxygens (including phenoxy) is 2. The van der Waals surface area contributed by atoms with Crippen molar-refractivity contribution in [1.82, 2.24) is 24.8 Å². The van der Waals surface area contributed by atoms with Crippen LogP contribution < -0.4 is 14.8 Å². The van der Waals surface area contributed by atoms with Crippen molar-refractivity contribution >= 4 is 34.7 Å². The van der Waals surface area contributed by atoms with E-state index in [9.17, 15) is 4.79 Å². The summed E-state index contributed by atoms with van der Waals surface area (Å²) >= 11 is 6.17. The van der Waals surface area contributed by atoms with Gasteiger partial charge in [0.15, 0.2) is 11.2 Å². The quantitative estimate of drug-likeness (QED) is 0.306. The molecule has 0 fully saturated rings. The van der Waals surface area contributed by atoms with Gasteiger partial charge < -0.3 is 19.4 Å². The van der Waals surface area contributed by atoms with E-state index in [-0.39, 0.29) is 11.2 Å². The number of hydrogen-bond donors (Lipinski definition) is 1. The van der Waals surface area contributed by atoms with E-state index in [0.717, 1.165) is 28.0 Å². The second kappa shape index (κ2) is 9.93. The van der Waals surface area contributed by atoms with Gasteiger partial charge in [0.2, 0.25) is 17.1 Å². The van der Waals surface area contributed by atoms with Gasteiger partial charge in [0.25, 0.3) is 0 Å². The van der Waals surface area contributed by atoms with Gasteiger partial charge in [-0.2, -0.15) is 9.97 Å². The molecule has 0 aliphatic heterocycles. The maximum absolute atomic E-state index is 11.5. The number of nitrogens with one attached hydrogen (secondary N) is 1. The first-order valence-corrected chi connectivity index (χ1v) is 11.0. The lowest BCUT2D eigenvalue weighted by Gasteiger charge is -2.14. The number of aromatic nitrogens is 4. The summed E-state index contributed by atoms with van der Waals surface area (Å²) in [4.78, 5) is 24.5. The second-order valence-electron chi connectivity index (χ2n) is 7.72. The van der Waals surface area contributed by atoms with Gasteiger partial charge in [0, 0.05) is 19.7 Å². The third kappa shape index (κ3) is 5.02. The highest BCUT2D eigenvalue weighted by atomic mass is 35.5. The lowest BCUT2D eigenvalue weighted by molar-refractivity contribution is -0.115. The van der Waals surface area contributed by atoms with Gasteiger partial charge in [0.1, 0.15) is 11.5 Å². The molecule has 0 radical (unpaired) electrons. The molecule has 1 N–H and O–H groups in total. The highest BCUT2D eigenvalue weighted by Crippen LogP contribution is 2.33. The van der Waals surface area contributed by atoms with Crippen molar-refractivity contribution in [2.24, 2.45) is 0 Å². The van der Waals surface area contributed by atoms with Crippen LogP contribution in [-0.4, -0.2) is 39.6 Å². The van der Waals surface area contributed by atoms with Crippen LogP contribution in [0, 0.1) is 13.8 Å². The van der Waals surface area contributed by atoms with Crippen LogP contribution in [-0.2, 0) is 11.3 Å². The molecular weight excluding hydrogens is 454 g/mol. The van der Waals surface area contributed by atoms with Gasteiger partial charge in [-0.25, -0.2) is 4.98 Å². The Morgan fingerprint density at radius 2 is 1.85 bits per heavy atom. The van der Waals surface area contributed by atoms with E-state index < -0.39 is 0 Å². The number of amides is 1. The third-order valence-corrected chi connectivity index (χ3v) is 5.45. The Hall–Kier alpha value is -3.91. The molecule has 4 aromatic rings. The standard InChI is InChI=1S/C25H24ClN5O3/c1-15-11-18(7-10-20(32)27-3)12-16(2)22(15)34-24-21-23(29-25(26)30-24)28-14-31(21)13-17-5-8-19(33-4)9-6-17/h5-12,14H,13H2,1-4H3,(H,27,32)/b10-7+. The number of rotatable bonds is 7. The van der Waals surface area contributed by atoms with Crippen LogP contribution in [0.2, 0.25) is 5.28 Å². The fourth-order valence-corrected chi connectivity index (χ4v) is 3.79. The van der Waals surface area contributed by atoms with Crippen molar-refractivity contribution in [2.45, 2.75) is 20.4 Å². The second-order valence-corrected chi connectivity index (χ2v) is 8.06. The zero-order chi connectivity index (χ0) is 24.2. The smallest absolute Gasteiger partial charge is 0.250 e. The van der Waals surface area contributed by atoms with Gasteiger partial charge in [-0.1, -0.05) is 12.1 Å². The maximum atomic E-state index is 11.5. The molecule has 0 bridgehead atoms. The predicted octanol–water partition coefficient (Wildman–Crippen LogP) is 4.70. The lowest BCUT2D eigenvalue weighted by atomic mass is 10.1. The van der Waals surface area contributed by atoms with Crippen LogP contribution in [0.15, 0.2) is 48.8 Å². The number of carbonyl (C=O) groups excluding carboxylic acids is 1. The molecule has 2 aromatic carbocycles. The summed E-state index contributed by atoms with van der Waals surface area (Å²) in [5.74, 6) is 1.60. The van der Waals surface area contributed by atoms with Crippen LogP contribution in [0.4, 0.5) is 0 Å². The molecule has 0 saturated heterocycles. The number of halogens is 1. The Kier molecular flexibility index (Phi) is 6.79. The summed E-state index contributed by atoms with van der Waals surface area (Å²) in [6.45, 7) is 4.42. The lowest BCUT2D eigenvalue weighted by Crippen LogP contribution is -2.13. The first-order chi connectivity index (χ1) is 16.4. The van der Waals surface area contributed by atoms with Gasteiger partial charge in [-0.15, -0.1) is 0 Å². The minimum atomic E-state index is -0.168. The molecule has 0 aliphatic carbocycles.